The summed E-state index contributed by atoms with van der Waals surface area (Å²) < 4.78 is 11.9. The van der Waals surface area contributed by atoms with Gasteiger partial charge in [0.05, 0.1) is 56.3 Å². The molecule has 2 saturated heterocycles. The van der Waals surface area contributed by atoms with Gasteiger partial charge in [-0.15, -0.1) is 0 Å². The van der Waals surface area contributed by atoms with Crippen molar-refractivity contribution in [2.75, 3.05) is 67.6 Å². The lowest BCUT2D eigenvalue weighted by molar-refractivity contribution is -0.146. The molecule has 2 aliphatic rings. The van der Waals surface area contributed by atoms with E-state index in [0.717, 1.165) is 44.6 Å². The number of likely N-dealkylation sites (N-methyl/N-ethyl adjacent to an activating group) is 1. The van der Waals surface area contributed by atoms with E-state index in [1.54, 1.807) is 30.9 Å². The van der Waals surface area contributed by atoms with Gasteiger partial charge in [-0.05, 0) is 30.2 Å². The second-order valence-electron chi connectivity index (χ2n) is 15.3. The Bertz CT molecular complexity index is 1380. The van der Waals surface area contributed by atoms with E-state index in [1.807, 2.05) is 58.0 Å². The van der Waals surface area contributed by atoms with Crippen LogP contribution in [0.4, 0.5) is 0 Å². The van der Waals surface area contributed by atoms with Crippen molar-refractivity contribution in [1.82, 2.24) is 36.1 Å². The van der Waals surface area contributed by atoms with E-state index in [4.69, 9.17) is 14.3 Å². The summed E-state index contributed by atoms with van der Waals surface area (Å²) in [5.41, 5.74) is 3.20. The van der Waals surface area contributed by atoms with Gasteiger partial charge in [-0.3, -0.25) is 33.7 Å². The summed E-state index contributed by atoms with van der Waals surface area (Å²) in [7, 11) is 6.11. The van der Waals surface area contributed by atoms with Crippen molar-refractivity contribution in [3.05, 3.63) is 35.9 Å². The van der Waals surface area contributed by atoms with Gasteiger partial charge in [0.25, 0.3) is 5.91 Å². The molecule has 4 N–H and O–H groups in total. The molecule has 310 valence electrons. The van der Waals surface area contributed by atoms with Crippen molar-refractivity contribution < 1.29 is 38.3 Å². The Morgan fingerprint density at radius 1 is 0.927 bits per heavy atom. The Hall–Kier alpha value is -3.63. The predicted octanol–water partition coefficient (Wildman–Crippen LogP) is 1.36. The van der Waals surface area contributed by atoms with Crippen molar-refractivity contribution in [2.45, 2.75) is 103 Å². The Balaban J connectivity index is 1.70. The van der Waals surface area contributed by atoms with Crippen LogP contribution in [-0.2, 0) is 44.7 Å². The topological polar surface area (TPSA) is 171 Å². The number of ether oxygens (including phenoxy) is 2. The van der Waals surface area contributed by atoms with Crippen molar-refractivity contribution in [1.29, 1.82) is 0 Å². The minimum absolute atomic E-state index is 0.0117. The van der Waals surface area contributed by atoms with Gasteiger partial charge in [-0.1, -0.05) is 71.4 Å². The molecule has 8 atom stereocenters. The number of hydrogen-bond donors (Lipinski definition) is 4. The van der Waals surface area contributed by atoms with Crippen molar-refractivity contribution >= 4 is 29.5 Å². The Labute approximate surface area is 327 Å². The molecule has 2 aliphatic heterocycles. The molecule has 0 aromatic heterocycles. The second kappa shape index (κ2) is 22.8. The maximum atomic E-state index is 14.1. The van der Waals surface area contributed by atoms with Crippen LogP contribution in [0.2, 0.25) is 0 Å². The molecule has 2 fully saturated rings. The van der Waals surface area contributed by atoms with E-state index in [-0.39, 0.29) is 60.9 Å². The van der Waals surface area contributed by atoms with Crippen LogP contribution in [0.3, 0.4) is 0 Å². The standard InChI is InChI=1S/C40H67N7O8/c1-10-27(4)36(45(6)34(49)25-42-40(52)35(26(2)3)46-21-18-41-19-22-46)32(53-7)24-33(48)47-20-14-17-31(47)37(54-8)28(5)38(50)43-30(39(51)44-55-9)23-29-15-12-11-13-16-29/h11-13,15-16,26-28,30-32,35-37,41H,10,14,17-25H2,1-9H3,(H,42,52)(H,43,50)(H,44,51)/t27-,28+,30-,31-,32?,35-,36-,37+/m0/s1. The van der Waals surface area contributed by atoms with E-state index in [1.165, 1.54) is 14.2 Å². The molecule has 15 nitrogen and oxygen atoms in total. The SMILES string of the molecule is CC[C@H](C)[C@@H](C(CC(=O)N1CCC[C@H]1[C@H](OC)[C@@H](C)C(=O)N[C@@H](Cc1ccccc1)C(=O)NOC)OC)N(C)C(=O)CNC(=O)[C@H](C(C)C)N1CCNCC1. The first kappa shape index (κ1) is 45.8. The average Bonchev–Trinajstić information content (AvgIpc) is 3.67. The zero-order valence-corrected chi connectivity index (χ0v) is 34.5. The third kappa shape index (κ3) is 12.7. The van der Waals surface area contributed by atoms with Crippen molar-refractivity contribution in [3.8, 4) is 0 Å². The predicted molar refractivity (Wildman–Crippen MR) is 209 cm³/mol. The number of likely N-dealkylation sites (tertiary alicyclic amines) is 1. The normalized spacial score (nSPS) is 20.1. The van der Waals surface area contributed by atoms with Gasteiger partial charge < -0.3 is 35.2 Å². The number of carbonyl (C=O) groups is 5. The average molecular weight is 774 g/mol. The zero-order chi connectivity index (χ0) is 40.7. The molecule has 1 aromatic rings. The van der Waals surface area contributed by atoms with Crippen LogP contribution in [0.15, 0.2) is 30.3 Å². The first-order valence-corrected chi connectivity index (χ1v) is 19.8. The van der Waals surface area contributed by atoms with Crippen LogP contribution < -0.4 is 21.4 Å². The molecule has 0 aliphatic carbocycles. The Morgan fingerprint density at radius 3 is 2.18 bits per heavy atom. The van der Waals surface area contributed by atoms with Gasteiger partial charge in [-0.25, -0.2) is 5.48 Å². The number of hydroxylamine groups is 1. The summed E-state index contributed by atoms with van der Waals surface area (Å²) in [5, 5.41) is 9.08. The fourth-order valence-electron chi connectivity index (χ4n) is 8.10. The highest BCUT2D eigenvalue weighted by molar-refractivity contribution is 5.89. The summed E-state index contributed by atoms with van der Waals surface area (Å²) in [6, 6.07) is 7.30. The lowest BCUT2D eigenvalue weighted by Gasteiger charge is -2.39. The summed E-state index contributed by atoms with van der Waals surface area (Å²) in [5.74, 6) is -2.11. The second-order valence-corrected chi connectivity index (χ2v) is 15.3. The van der Waals surface area contributed by atoms with E-state index >= 15 is 0 Å². The van der Waals surface area contributed by atoms with Gasteiger partial charge in [-0.2, -0.15) is 0 Å². The molecule has 15 heteroatoms. The zero-order valence-electron chi connectivity index (χ0n) is 34.5. The van der Waals surface area contributed by atoms with Gasteiger partial charge in [0.15, 0.2) is 0 Å². The number of nitrogens with one attached hydrogen (secondary N) is 4. The molecule has 3 rings (SSSR count). The summed E-state index contributed by atoms with van der Waals surface area (Å²) in [6.45, 7) is 13.3. The fraction of sp³-hybridized carbons (Fsp3) is 0.725. The highest BCUT2D eigenvalue weighted by Gasteiger charge is 2.42. The largest absolute Gasteiger partial charge is 0.379 e. The number of rotatable bonds is 21. The molecule has 0 saturated carbocycles. The van der Waals surface area contributed by atoms with E-state index in [2.05, 4.69) is 26.3 Å². The Morgan fingerprint density at radius 2 is 1.60 bits per heavy atom. The van der Waals surface area contributed by atoms with E-state index < -0.39 is 42.2 Å². The molecule has 1 unspecified atom stereocenters. The highest BCUT2D eigenvalue weighted by atomic mass is 16.6. The minimum Gasteiger partial charge on any atom is -0.379 e. The molecule has 55 heavy (non-hydrogen) atoms. The van der Waals surface area contributed by atoms with Gasteiger partial charge in [0.1, 0.15) is 6.04 Å². The van der Waals surface area contributed by atoms with Crippen LogP contribution >= 0.6 is 0 Å². The molecule has 1 aromatic carbocycles. The molecule has 0 spiro atoms. The van der Waals surface area contributed by atoms with Crippen LogP contribution in [0.25, 0.3) is 0 Å². The van der Waals surface area contributed by atoms with Crippen LogP contribution in [0.5, 0.6) is 0 Å². The number of nitrogens with zero attached hydrogens (tertiary/aromatic N) is 3. The van der Waals surface area contributed by atoms with Crippen LogP contribution in [0, 0.1) is 17.8 Å². The third-order valence-electron chi connectivity index (χ3n) is 11.3. The maximum absolute atomic E-state index is 14.1. The maximum Gasteiger partial charge on any atom is 0.266 e. The number of methoxy groups -OCH3 is 2. The lowest BCUT2D eigenvalue weighted by Crippen LogP contribution is -2.57. The number of benzene rings is 1. The fourth-order valence-corrected chi connectivity index (χ4v) is 8.10. The van der Waals surface area contributed by atoms with Crippen LogP contribution in [0.1, 0.15) is 65.9 Å². The highest BCUT2D eigenvalue weighted by Crippen LogP contribution is 2.29. The monoisotopic (exact) mass is 774 g/mol. The molecule has 0 bridgehead atoms. The summed E-state index contributed by atoms with van der Waals surface area (Å²) >= 11 is 0. The number of hydrogen-bond acceptors (Lipinski definition) is 10. The Kier molecular flexibility index (Phi) is 19.0. The minimum atomic E-state index is -0.895. The third-order valence-corrected chi connectivity index (χ3v) is 11.3. The van der Waals surface area contributed by atoms with Crippen LogP contribution in [-0.4, -0.2) is 148 Å². The molecular weight excluding hydrogens is 706 g/mol. The van der Waals surface area contributed by atoms with Gasteiger partial charge in [0.2, 0.25) is 23.6 Å². The quantitative estimate of drug-likeness (QED) is 0.134. The molecule has 2 heterocycles. The first-order valence-electron chi connectivity index (χ1n) is 19.8. The number of piperazine rings is 1. The number of amides is 5. The van der Waals surface area contributed by atoms with Crippen molar-refractivity contribution in [2.24, 2.45) is 17.8 Å². The molecule has 0 radical (unpaired) electrons. The summed E-state index contributed by atoms with van der Waals surface area (Å²) in [4.78, 5) is 78.1. The number of carbonyl (C=O) groups excluding carboxylic acids is 5. The lowest BCUT2D eigenvalue weighted by atomic mass is 9.90. The molecule has 5 amide bonds. The van der Waals surface area contributed by atoms with Gasteiger partial charge in [0, 0.05) is 60.4 Å². The van der Waals surface area contributed by atoms with E-state index in [9.17, 15) is 24.0 Å². The van der Waals surface area contributed by atoms with Crippen molar-refractivity contribution in [3.63, 3.8) is 0 Å². The molecular formula is C40H67N7O8. The summed E-state index contributed by atoms with van der Waals surface area (Å²) in [6.07, 6.45) is 1.09. The smallest absolute Gasteiger partial charge is 0.266 e. The van der Waals surface area contributed by atoms with Gasteiger partial charge >= 0.3 is 0 Å². The first-order chi connectivity index (χ1) is 26.3. The van der Waals surface area contributed by atoms with E-state index in [0.29, 0.717) is 13.0 Å².